The van der Waals surface area contributed by atoms with Gasteiger partial charge in [-0.3, -0.25) is 4.90 Å². The monoisotopic (exact) mass is 253 g/mol. The number of rotatable bonds is 2. The number of fused-ring (bicyclic) bond motifs is 1. The van der Waals surface area contributed by atoms with Gasteiger partial charge in [-0.25, -0.2) is 0 Å². The van der Waals surface area contributed by atoms with Gasteiger partial charge in [0.05, 0.1) is 6.61 Å². The van der Waals surface area contributed by atoms with E-state index in [1.54, 1.807) is 0 Å². The third kappa shape index (κ3) is 2.34. The highest BCUT2D eigenvalue weighted by molar-refractivity contribution is 5.03. The summed E-state index contributed by atoms with van der Waals surface area (Å²) in [6.07, 6.45) is 5.27. The molecule has 3 unspecified atom stereocenters. The summed E-state index contributed by atoms with van der Waals surface area (Å²) < 4.78 is 0. The second-order valence-electron chi connectivity index (χ2n) is 7.86. The largest absolute Gasteiger partial charge is 0.394 e. The Morgan fingerprint density at radius 2 is 1.89 bits per heavy atom. The van der Waals surface area contributed by atoms with E-state index in [0.717, 1.165) is 12.5 Å². The van der Waals surface area contributed by atoms with Gasteiger partial charge < -0.3 is 5.11 Å². The molecule has 1 saturated carbocycles. The van der Waals surface area contributed by atoms with E-state index in [2.05, 4.69) is 39.5 Å². The second kappa shape index (κ2) is 4.79. The molecule has 18 heavy (non-hydrogen) atoms. The van der Waals surface area contributed by atoms with Crippen molar-refractivity contribution in [3.05, 3.63) is 0 Å². The minimum atomic E-state index is 0.00752. The van der Waals surface area contributed by atoms with E-state index >= 15 is 0 Å². The van der Waals surface area contributed by atoms with Crippen LogP contribution in [-0.4, -0.2) is 34.7 Å². The average Bonchev–Trinajstić information content (AvgIpc) is 2.27. The topological polar surface area (TPSA) is 23.5 Å². The molecular weight excluding hydrogens is 222 g/mol. The van der Waals surface area contributed by atoms with E-state index in [9.17, 15) is 5.11 Å². The van der Waals surface area contributed by atoms with Crippen LogP contribution < -0.4 is 0 Å². The zero-order valence-electron chi connectivity index (χ0n) is 12.9. The van der Waals surface area contributed by atoms with Gasteiger partial charge in [0.15, 0.2) is 0 Å². The van der Waals surface area contributed by atoms with Crippen molar-refractivity contribution in [1.29, 1.82) is 0 Å². The summed E-state index contributed by atoms with van der Waals surface area (Å²) in [5, 5.41) is 10.00. The number of likely N-dealkylation sites (tertiary alicyclic amines) is 1. The summed E-state index contributed by atoms with van der Waals surface area (Å²) in [6.45, 7) is 13.1. The molecule has 1 aliphatic carbocycles. The van der Waals surface area contributed by atoms with Crippen molar-refractivity contribution in [1.82, 2.24) is 4.90 Å². The third-order valence-corrected chi connectivity index (χ3v) is 5.66. The number of nitrogens with zero attached hydrogens (tertiary/aromatic N) is 1. The normalized spacial score (nSPS) is 40.8. The maximum Gasteiger partial charge on any atom is 0.0615 e. The summed E-state index contributed by atoms with van der Waals surface area (Å²) in [6, 6.07) is 0.540. The standard InChI is InChI=1S/C16H31NO/c1-12(2)17-9-7-13-10-15(3,4)8-6-14(13)16(17,5)11-18/h12-14,18H,6-11H2,1-5H3. The summed E-state index contributed by atoms with van der Waals surface area (Å²) in [5.74, 6) is 1.51. The molecule has 1 saturated heterocycles. The predicted molar refractivity (Wildman–Crippen MR) is 76.6 cm³/mol. The van der Waals surface area contributed by atoms with Gasteiger partial charge in [0, 0.05) is 11.6 Å². The fourth-order valence-electron chi connectivity index (χ4n) is 4.69. The van der Waals surface area contributed by atoms with Crippen LogP contribution in [0.2, 0.25) is 0 Å². The first-order valence-corrected chi connectivity index (χ1v) is 7.68. The Kier molecular flexibility index (Phi) is 3.81. The highest BCUT2D eigenvalue weighted by Crippen LogP contribution is 2.51. The van der Waals surface area contributed by atoms with Gasteiger partial charge in [-0.15, -0.1) is 0 Å². The second-order valence-corrected chi connectivity index (χ2v) is 7.86. The highest BCUT2D eigenvalue weighted by Gasteiger charge is 2.50. The van der Waals surface area contributed by atoms with E-state index in [1.165, 1.54) is 25.7 Å². The molecule has 0 aromatic carbocycles. The molecule has 1 N–H and O–H groups in total. The zero-order chi connectivity index (χ0) is 13.6. The molecule has 2 aliphatic rings. The van der Waals surface area contributed by atoms with Crippen molar-refractivity contribution < 1.29 is 5.11 Å². The lowest BCUT2D eigenvalue weighted by Gasteiger charge is -2.58. The van der Waals surface area contributed by atoms with Crippen LogP contribution in [-0.2, 0) is 0 Å². The fraction of sp³-hybridized carbons (Fsp3) is 1.00. The van der Waals surface area contributed by atoms with Gasteiger partial charge in [-0.1, -0.05) is 13.8 Å². The number of hydrogen-bond acceptors (Lipinski definition) is 2. The molecular formula is C16H31NO. The molecule has 2 heteroatoms. The Labute approximate surface area is 113 Å². The zero-order valence-corrected chi connectivity index (χ0v) is 12.9. The Balaban J connectivity index is 2.22. The van der Waals surface area contributed by atoms with Gasteiger partial charge in [-0.05, 0) is 70.3 Å². The molecule has 0 bridgehead atoms. The summed E-state index contributed by atoms with van der Waals surface area (Å²) >= 11 is 0. The number of hydrogen-bond donors (Lipinski definition) is 1. The van der Waals surface area contributed by atoms with Crippen molar-refractivity contribution in [3.63, 3.8) is 0 Å². The van der Waals surface area contributed by atoms with Gasteiger partial charge >= 0.3 is 0 Å². The lowest BCUT2D eigenvalue weighted by Crippen LogP contribution is -2.63. The Morgan fingerprint density at radius 3 is 2.44 bits per heavy atom. The van der Waals surface area contributed by atoms with Crippen LogP contribution in [0.3, 0.4) is 0 Å². The average molecular weight is 253 g/mol. The molecule has 2 fully saturated rings. The van der Waals surface area contributed by atoms with Crippen LogP contribution in [0.4, 0.5) is 0 Å². The Hall–Kier alpha value is -0.0800. The first kappa shape index (κ1) is 14.3. The van der Waals surface area contributed by atoms with Crippen molar-refractivity contribution in [2.45, 2.75) is 71.9 Å². The third-order valence-electron chi connectivity index (χ3n) is 5.66. The number of aliphatic hydroxyl groups excluding tert-OH is 1. The van der Waals surface area contributed by atoms with Gasteiger partial charge in [0.25, 0.3) is 0 Å². The molecule has 1 aliphatic heterocycles. The highest BCUT2D eigenvalue weighted by atomic mass is 16.3. The van der Waals surface area contributed by atoms with Gasteiger partial charge in [0.1, 0.15) is 0 Å². The molecule has 2 rings (SSSR count). The molecule has 0 amide bonds. The number of aliphatic hydroxyl groups is 1. The van der Waals surface area contributed by atoms with E-state index < -0.39 is 0 Å². The first-order chi connectivity index (χ1) is 8.30. The molecule has 0 radical (unpaired) electrons. The number of piperidine rings is 1. The van der Waals surface area contributed by atoms with Crippen LogP contribution in [0, 0.1) is 17.3 Å². The quantitative estimate of drug-likeness (QED) is 0.816. The lowest BCUT2D eigenvalue weighted by molar-refractivity contribution is -0.103. The summed E-state index contributed by atoms with van der Waals surface area (Å²) in [5.41, 5.74) is 0.519. The van der Waals surface area contributed by atoms with Crippen LogP contribution in [0.5, 0.6) is 0 Å². The molecule has 1 heterocycles. The van der Waals surface area contributed by atoms with Crippen molar-refractivity contribution in [2.75, 3.05) is 13.2 Å². The molecule has 0 aromatic rings. The van der Waals surface area contributed by atoms with Crippen molar-refractivity contribution in [2.24, 2.45) is 17.3 Å². The maximum absolute atomic E-state index is 10.00. The molecule has 0 aromatic heterocycles. The molecule has 3 atom stereocenters. The van der Waals surface area contributed by atoms with Crippen LogP contribution in [0.25, 0.3) is 0 Å². The van der Waals surface area contributed by atoms with Gasteiger partial charge in [-0.2, -0.15) is 0 Å². The molecule has 0 spiro atoms. The maximum atomic E-state index is 10.00. The predicted octanol–water partition coefficient (Wildman–Crippen LogP) is 3.29. The van der Waals surface area contributed by atoms with E-state index in [0.29, 0.717) is 24.0 Å². The fourth-order valence-corrected chi connectivity index (χ4v) is 4.69. The minimum Gasteiger partial charge on any atom is -0.394 e. The van der Waals surface area contributed by atoms with E-state index in [4.69, 9.17) is 0 Å². The molecule has 106 valence electrons. The first-order valence-electron chi connectivity index (χ1n) is 7.68. The minimum absolute atomic E-state index is 0.00752. The van der Waals surface area contributed by atoms with E-state index in [1.807, 2.05) is 0 Å². The SMILES string of the molecule is CC(C)N1CCC2CC(C)(C)CCC2C1(C)CO. The Morgan fingerprint density at radius 1 is 1.22 bits per heavy atom. The molecule has 2 nitrogen and oxygen atoms in total. The van der Waals surface area contributed by atoms with Crippen molar-refractivity contribution in [3.8, 4) is 0 Å². The van der Waals surface area contributed by atoms with E-state index in [-0.39, 0.29) is 5.54 Å². The summed E-state index contributed by atoms with van der Waals surface area (Å²) in [4.78, 5) is 2.55. The Bertz CT molecular complexity index is 299. The van der Waals surface area contributed by atoms with Crippen LogP contribution in [0.1, 0.15) is 60.3 Å². The van der Waals surface area contributed by atoms with Crippen molar-refractivity contribution >= 4 is 0 Å². The van der Waals surface area contributed by atoms with Crippen LogP contribution >= 0.6 is 0 Å². The summed E-state index contributed by atoms with van der Waals surface area (Å²) in [7, 11) is 0. The van der Waals surface area contributed by atoms with Crippen LogP contribution in [0.15, 0.2) is 0 Å². The lowest BCUT2D eigenvalue weighted by atomic mass is 9.59. The van der Waals surface area contributed by atoms with Gasteiger partial charge in [0.2, 0.25) is 0 Å². The smallest absolute Gasteiger partial charge is 0.0615 e.